The van der Waals surface area contributed by atoms with Crippen LogP contribution >= 0.6 is 0 Å². The quantitative estimate of drug-likeness (QED) is 0.650. The molecule has 0 radical (unpaired) electrons. The molecule has 1 aliphatic rings. The lowest BCUT2D eigenvalue weighted by atomic mass is 10.1. The Balaban J connectivity index is 2.33. The maximum Gasteiger partial charge on any atom is 0.254 e. The van der Waals surface area contributed by atoms with Gasteiger partial charge in [-0.1, -0.05) is 0 Å². The summed E-state index contributed by atoms with van der Waals surface area (Å²) in [7, 11) is 3.47. The zero-order chi connectivity index (χ0) is 11.0. The number of hydrogen-bond acceptors (Lipinski definition) is 3. The molecule has 2 N–H and O–H groups in total. The Morgan fingerprint density at radius 1 is 1.60 bits per heavy atom. The molecule has 1 aliphatic heterocycles. The van der Waals surface area contributed by atoms with E-state index in [-0.39, 0.29) is 11.9 Å². The molecule has 2 heterocycles. The molecule has 1 unspecified atom stereocenters. The largest absolute Gasteiger partial charge is 0.340 e. The van der Waals surface area contributed by atoms with Gasteiger partial charge in [0, 0.05) is 25.4 Å². The third-order valence-corrected chi connectivity index (χ3v) is 2.59. The second-order valence-corrected chi connectivity index (χ2v) is 3.45. The molecule has 6 heteroatoms. The second kappa shape index (κ2) is 3.38. The van der Waals surface area contributed by atoms with Crippen LogP contribution in [0.3, 0.4) is 0 Å². The molecule has 6 nitrogen and oxygen atoms in total. The number of guanidine groups is 1. The molecule has 1 amide bonds. The molecule has 0 aliphatic carbocycles. The minimum Gasteiger partial charge on any atom is -0.340 e. The molecule has 1 aromatic rings. The molecule has 1 saturated heterocycles. The lowest BCUT2D eigenvalue weighted by Gasteiger charge is -2.06. The van der Waals surface area contributed by atoms with Crippen molar-refractivity contribution in [2.75, 3.05) is 7.05 Å². The number of amides is 1. The number of carbonyl (C=O) groups is 1. The monoisotopic (exact) mass is 207 g/mol. The van der Waals surface area contributed by atoms with E-state index in [1.807, 2.05) is 14.0 Å². The van der Waals surface area contributed by atoms with E-state index in [0.717, 1.165) is 11.3 Å². The topological polar surface area (TPSA) is 71.3 Å². The molecule has 0 aromatic carbocycles. The Morgan fingerprint density at radius 3 is 2.80 bits per heavy atom. The van der Waals surface area contributed by atoms with Crippen molar-refractivity contribution in [2.24, 2.45) is 12.0 Å². The fourth-order valence-electron chi connectivity index (χ4n) is 1.57. The van der Waals surface area contributed by atoms with Gasteiger partial charge in [-0.15, -0.1) is 0 Å². The first-order valence-electron chi connectivity index (χ1n) is 4.66. The Labute approximate surface area is 87.4 Å². The van der Waals surface area contributed by atoms with Gasteiger partial charge in [0.05, 0.1) is 6.20 Å². The van der Waals surface area contributed by atoms with Crippen molar-refractivity contribution in [1.82, 2.24) is 20.4 Å². The van der Waals surface area contributed by atoms with Crippen LogP contribution in [0.4, 0.5) is 0 Å². The standard InChI is InChI=1S/C9H13N5O/c1-5-6(4-11-14(5)3)7-8(15)13-9(10-2)12-7/h4,7H,1-3H3,(H2,10,12,13,15). The van der Waals surface area contributed by atoms with E-state index in [1.54, 1.807) is 17.9 Å². The molecular weight excluding hydrogens is 194 g/mol. The number of carbonyl (C=O) groups excluding carboxylic acids is 1. The van der Waals surface area contributed by atoms with E-state index in [9.17, 15) is 4.79 Å². The molecule has 1 atom stereocenters. The van der Waals surface area contributed by atoms with Crippen LogP contribution in [0.5, 0.6) is 0 Å². The highest BCUT2D eigenvalue weighted by Crippen LogP contribution is 2.19. The van der Waals surface area contributed by atoms with Crippen LogP contribution in [-0.2, 0) is 11.8 Å². The number of aliphatic imine (C=N–C) groups is 1. The Hall–Kier alpha value is -1.85. The first-order chi connectivity index (χ1) is 7.13. The predicted octanol–water partition coefficient (Wildman–Crippen LogP) is -0.525. The number of nitrogens with zero attached hydrogens (tertiary/aromatic N) is 3. The van der Waals surface area contributed by atoms with Gasteiger partial charge in [-0.25, -0.2) is 0 Å². The normalized spacial score (nSPS) is 23.0. The fraction of sp³-hybridized carbons (Fsp3) is 0.444. The van der Waals surface area contributed by atoms with Crippen LogP contribution in [0.25, 0.3) is 0 Å². The van der Waals surface area contributed by atoms with Crippen LogP contribution < -0.4 is 10.6 Å². The first-order valence-corrected chi connectivity index (χ1v) is 4.66. The summed E-state index contributed by atoms with van der Waals surface area (Å²) in [5, 5.41) is 9.75. The zero-order valence-electron chi connectivity index (χ0n) is 8.90. The van der Waals surface area contributed by atoms with E-state index in [4.69, 9.17) is 0 Å². The van der Waals surface area contributed by atoms with Crippen molar-refractivity contribution < 1.29 is 4.79 Å². The van der Waals surface area contributed by atoms with Crippen molar-refractivity contribution in [3.05, 3.63) is 17.5 Å². The zero-order valence-corrected chi connectivity index (χ0v) is 8.90. The number of hydrogen-bond donors (Lipinski definition) is 2. The van der Waals surface area contributed by atoms with Crippen molar-refractivity contribution in [2.45, 2.75) is 13.0 Å². The van der Waals surface area contributed by atoms with Gasteiger partial charge in [-0.3, -0.25) is 19.8 Å². The van der Waals surface area contributed by atoms with Crippen molar-refractivity contribution >= 4 is 11.9 Å². The second-order valence-electron chi connectivity index (χ2n) is 3.45. The minimum atomic E-state index is -0.377. The SMILES string of the molecule is CN=C1NC(=O)C(c2cnn(C)c2C)N1. The summed E-state index contributed by atoms with van der Waals surface area (Å²) < 4.78 is 1.74. The van der Waals surface area contributed by atoms with E-state index in [2.05, 4.69) is 20.7 Å². The van der Waals surface area contributed by atoms with E-state index in [0.29, 0.717) is 5.96 Å². The summed E-state index contributed by atoms with van der Waals surface area (Å²) in [6.07, 6.45) is 1.70. The summed E-state index contributed by atoms with van der Waals surface area (Å²) in [6.45, 7) is 1.93. The number of aromatic nitrogens is 2. The molecule has 1 fully saturated rings. The number of rotatable bonds is 1. The van der Waals surface area contributed by atoms with Crippen molar-refractivity contribution in [3.63, 3.8) is 0 Å². The average molecular weight is 207 g/mol. The fourth-order valence-corrected chi connectivity index (χ4v) is 1.57. The highest BCUT2D eigenvalue weighted by molar-refractivity contribution is 6.06. The van der Waals surface area contributed by atoms with Crippen LogP contribution in [0, 0.1) is 6.92 Å². The van der Waals surface area contributed by atoms with Crippen LogP contribution in [0.1, 0.15) is 17.3 Å². The third-order valence-electron chi connectivity index (χ3n) is 2.59. The maximum atomic E-state index is 11.6. The Bertz CT molecular complexity index is 434. The molecule has 0 spiro atoms. The van der Waals surface area contributed by atoms with Crippen LogP contribution in [0.2, 0.25) is 0 Å². The summed E-state index contributed by atoms with van der Waals surface area (Å²) in [5.74, 6) is 0.417. The first kappa shape index (κ1) is 9.70. The molecule has 15 heavy (non-hydrogen) atoms. The third kappa shape index (κ3) is 1.47. The van der Waals surface area contributed by atoms with Crippen LogP contribution in [0.15, 0.2) is 11.2 Å². The molecular formula is C9H13N5O. The highest BCUT2D eigenvalue weighted by atomic mass is 16.2. The van der Waals surface area contributed by atoms with Gasteiger partial charge in [0.2, 0.25) is 0 Å². The molecule has 0 bridgehead atoms. The van der Waals surface area contributed by atoms with Gasteiger partial charge in [0.15, 0.2) is 5.96 Å². The molecule has 1 aromatic heterocycles. The van der Waals surface area contributed by atoms with Gasteiger partial charge in [0.1, 0.15) is 6.04 Å². The van der Waals surface area contributed by atoms with E-state index in [1.165, 1.54) is 0 Å². The highest BCUT2D eigenvalue weighted by Gasteiger charge is 2.31. The maximum absolute atomic E-state index is 11.6. The smallest absolute Gasteiger partial charge is 0.254 e. The molecule has 0 saturated carbocycles. The van der Waals surface area contributed by atoms with E-state index >= 15 is 0 Å². The minimum absolute atomic E-state index is 0.0910. The van der Waals surface area contributed by atoms with Crippen molar-refractivity contribution in [3.8, 4) is 0 Å². The van der Waals surface area contributed by atoms with Crippen molar-refractivity contribution in [1.29, 1.82) is 0 Å². The van der Waals surface area contributed by atoms with Gasteiger partial charge >= 0.3 is 0 Å². The Kier molecular flexibility index (Phi) is 2.18. The summed E-state index contributed by atoms with van der Waals surface area (Å²) in [5.41, 5.74) is 1.86. The van der Waals surface area contributed by atoms with E-state index < -0.39 is 0 Å². The lowest BCUT2D eigenvalue weighted by Crippen LogP contribution is -2.24. The van der Waals surface area contributed by atoms with Gasteiger partial charge in [-0.2, -0.15) is 5.10 Å². The summed E-state index contributed by atoms with van der Waals surface area (Å²) >= 11 is 0. The van der Waals surface area contributed by atoms with Crippen LogP contribution in [-0.4, -0.2) is 28.7 Å². The molecule has 2 rings (SSSR count). The summed E-state index contributed by atoms with van der Waals surface area (Å²) in [6, 6.07) is -0.377. The number of aryl methyl sites for hydroxylation is 1. The average Bonchev–Trinajstić information content (AvgIpc) is 2.73. The molecule has 80 valence electrons. The van der Waals surface area contributed by atoms with Gasteiger partial charge < -0.3 is 5.32 Å². The van der Waals surface area contributed by atoms with Gasteiger partial charge in [-0.05, 0) is 6.92 Å². The number of nitrogens with one attached hydrogen (secondary N) is 2. The lowest BCUT2D eigenvalue weighted by molar-refractivity contribution is -0.120. The Morgan fingerprint density at radius 2 is 2.33 bits per heavy atom. The summed E-state index contributed by atoms with van der Waals surface area (Å²) in [4.78, 5) is 15.5. The van der Waals surface area contributed by atoms with Gasteiger partial charge in [0.25, 0.3) is 5.91 Å². The predicted molar refractivity (Wildman–Crippen MR) is 55.3 cm³/mol.